The molecule has 1 aliphatic rings. The third-order valence-electron chi connectivity index (χ3n) is 3.56. The van der Waals surface area contributed by atoms with Gasteiger partial charge in [0.15, 0.2) is 0 Å². The summed E-state index contributed by atoms with van der Waals surface area (Å²) in [4.78, 5) is 0. The molecule has 98 valence electrons. The van der Waals surface area contributed by atoms with Crippen molar-refractivity contribution in [3.05, 3.63) is 63.6 Å². The summed E-state index contributed by atoms with van der Waals surface area (Å²) < 4.78 is 7.12. The SMILES string of the molecule is Cc1ccc(C2C[C@H](N)c3cc(Br)ccc3O2)cc1. The minimum atomic E-state index is 0.0209. The molecule has 1 aliphatic heterocycles. The normalized spacial score (nSPS) is 21.6. The van der Waals surface area contributed by atoms with Crippen LogP contribution in [0.5, 0.6) is 5.75 Å². The molecule has 0 aromatic heterocycles. The highest BCUT2D eigenvalue weighted by Crippen LogP contribution is 2.40. The van der Waals surface area contributed by atoms with Gasteiger partial charge in [0.1, 0.15) is 11.9 Å². The Morgan fingerprint density at radius 1 is 1.16 bits per heavy atom. The third-order valence-corrected chi connectivity index (χ3v) is 4.05. The fraction of sp³-hybridized carbons (Fsp3) is 0.250. The minimum Gasteiger partial charge on any atom is -0.485 e. The number of rotatable bonds is 1. The maximum absolute atomic E-state index is 6.27. The molecular weight excluding hydrogens is 302 g/mol. The zero-order valence-corrected chi connectivity index (χ0v) is 12.4. The summed E-state index contributed by atoms with van der Waals surface area (Å²) in [5.74, 6) is 0.896. The number of fused-ring (bicyclic) bond motifs is 1. The van der Waals surface area contributed by atoms with Crippen molar-refractivity contribution in [3.8, 4) is 5.75 Å². The Kier molecular flexibility index (Phi) is 3.33. The lowest BCUT2D eigenvalue weighted by Gasteiger charge is -2.30. The second-order valence-corrected chi connectivity index (χ2v) is 5.96. The summed E-state index contributed by atoms with van der Waals surface area (Å²) in [6, 6.07) is 14.5. The number of ether oxygens (including phenoxy) is 1. The first-order valence-corrected chi connectivity index (χ1v) is 7.21. The molecule has 2 atom stereocenters. The van der Waals surface area contributed by atoms with Gasteiger partial charge in [-0.1, -0.05) is 45.8 Å². The van der Waals surface area contributed by atoms with Crippen LogP contribution in [-0.4, -0.2) is 0 Å². The van der Waals surface area contributed by atoms with E-state index >= 15 is 0 Å². The zero-order chi connectivity index (χ0) is 13.4. The van der Waals surface area contributed by atoms with E-state index in [4.69, 9.17) is 10.5 Å². The molecule has 0 radical (unpaired) electrons. The second kappa shape index (κ2) is 4.99. The molecule has 0 bridgehead atoms. The first-order chi connectivity index (χ1) is 9.13. The van der Waals surface area contributed by atoms with E-state index in [0.717, 1.165) is 22.2 Å². The van der Waals surface area contributed by atoms with E-state index in [1.807, 2.05) is 18.2 Å². The predicted molar refractivity (Wildman–Crippen MR) is 80.2 cm³/mol. The standard InChI is InChI=1S/C16H16BrNO/c1-10-2-4-11(5-3-10)16-9-14(18)13-8-12(17)6-7-15(13)19-16/h2-8,14,16H,9,18H2,1H3/t14-,16?/m0/s1. The predicted octanol–water partition coefficient (Wildman–Crippen LogP) is 4.28. The molecule has 0 aliphatic carbocycles. The number of aryl methyl sites for hydroxylation is 1. The van der Waals surface area contributed by atoms with Gasteiger partial charge in [-0.2, -0.15) is 0 Å². The molecule has 3 rings (SSSR count). The van der Waals surface area contributed by atoms with Crippen LogP contribution >= 0.6 is 15.9 Å². The Labute approximate surface area is 121 Å². The lowest BCUT2D eigenvalue weighted by atomic mass is 9.93. The highest BCUT2D eigenvalue weighted by molar-refractivity contribution is 9.10. The molecule has 2 nitrogen and oxygen atoms in total. The number of halogens is 1. The van der Waals surface area contributed by atoms with E-state index in [2.05, 4.69) is 47.1 Å². The average molecular weight is 318 g/mol. The van der Waals surface area contributed by atoms with Crippen LogP contribution in [0.15, 0.2) is 46.9 Å². The lowest BCUT2D eigenvalue weighted by molar-refractivity contribution is 0.161. The molecule has 0 spiro atoms. The summed E-state index contributed by atoms with van der Waals surface area (Å²) in [5, 5.41) is 0. The largest absolute Gasteiger partial charge is 0.485 e. The third kappa shape index (κ3) is 2.53. The average Bonchev–Trinajstić information content (AvgIpc) is 2.40. The molecule has 2 N–H and O–H groups in total. The Bertz CT molecular complexity index is 594. The van der Waals surface area contributed by atoms with E-state index in [9.17, 15) is 0 Å². The van der Waals surface area contributed by atoms with E-state index in [-0.39, 0.29) is 12.1 Å². The van der Waals surface area contributed by atoms with Crippen LogP contribution in [-0.2, 0) is 0 Å². The van der Waals surface area contributed by atoms with Crippen molar-refractivity contribution < 1.29 is 4.74 Å². The van der Waals surface area contributed by atoms with Crippen molar-refractivity contribution in [2.24, 2.45) is 5.73 Å². The van der Waals surface area contributed by atoms with E-state index in [1.54, 1.807) is 0 Å². The van der Waals surface area contributed by atoms with Crippen LogP contribution in [0.1, 0.15) is 35.3 Å². The van der Waals surface area contributed by atoms with Crippen LogP contribution in [0.3, 0.4) is 0 Å². The van der Waals surface area contributed by atoms with Crippen molar-refractivity contribution in [2.75, 3.05) is 0 Å². The molecule has 0 fully saturated rings. The van der Waals surface area contributed by atoms with Gasteiger partial charge < -0.3 is 10.5 Å². The molecular formula is C16H16BrNO. The Morgan fingerprint density at radius 2 is 1.89 bits per heavy atom. The van der Waals surface area contributed by atoms with Gasteiger partial charge in [0.25, 0.3) is 0 Å². The number of hydrogen-bond donors (Lipinski definition) is 1. The van der Waals surface area contributed by atoms with Crippen molar-refractivity contribution >= 4 is 15.9 Å². The van der Waals surface area contributed by atoms with Gasteiger partial charge in [0.2, 0.25) is 0 Å². The van der Waals surface area contributed by atoms with Gasteiger partial charge in [-0.15, -0.1) is 0 Å². The molecule has 1 unspecified atom stereocenters. The quantitative estimate of drug-likeness (QED) is 0.852. The smallest absolute Gasteiger partial charge is 0.126 e. The molecule has 0 saturated carbocycles. The minimum absolute atomic E-state index is 0.0209. The molecule has 2 aromatic rings. The Hall–Kier alpha value is -1.32. The van der Waals surface area contributed by atoms with Gasteiger partial charge in [-0.3, -0.25) is 0 Å². The van der Waals surface area contributed by atoms with Crippen LogP contribution in [0.2, 0.25) is 0 Å². The van der Waals surface area contributed by atoms with E-state index in [1.165, 1.54) is 11.1 Å². The van der Waals surface area contributed by atoms with Gasteiger partial charge in [0.05, 0.1) is 0 Å². The summed E-state index contributed by atoms with van der Waals surface area (Å²) in [6.45, 7) is 2.09. The second-order valence-electron chi connectivity index (χ2n) is 5.04. The van der Waals surface area contributed by atoms with Crippen LogP contribution in [0, 0.1) is 6.92 Å². The maximum atomic E-state index is 6.27. The summed E-state index contributed by atoms with van der Waals surface area (Å²) in [7, 11) is 0. The molecule has 3 heteroatoms. The van der Waals surface area contributed by atoms with Crippen LogP contribution in [0.4, 0.5) is 0 Å². The van der Waals surface area contributed by atoms with Crippen LogP contribution < -0.4 is 10.5 Å². The van der Waals surface area contributed by atoms with Crippen molar-refractivity contribution in [2.45, 2.75) is 25.5 Å². The van der Waals surface area contributed by atoms with Gasteiger partial charge in [-0.25, -0.2) is 0 Å². The van der Waals surface area contributed by atoms with Gasteiger partial charge in [0, 0.05) is 22.5 Å². The van der Waals surface area contributed by atoms with E-state index < -0.39 is 0 Å². The highest BCUT2D eigenvalue weighted by Gasteiger charge is 2.27. The van der Waals surface area contributed by atoms with Crippen LogP contribution in [0.25, 0.3) is 0 Å². The zero-order valence-electron chi connectivity index (χ0n) is 10.8. The highest BCUT2D eigenvalue weighted by atomic mass is 79.9. The first kappa shape index (κ1) is 12.7. The molecule has 0 saturated heterocycles. The van der Waals surface area contributed by atoms with Crippen molar-refractivity contribution in [1.82, 2.24) is 0 Å². The van der Waals surface area contributed by atoms with Crippen molar-refractivity contribution in [1.29, 1.82) is 0 Å². The summed E-state index contributed by atoms with van der Waals surface area (Å²) >= 11 is 3.47. The maximum Gasteiger partial charge on any atom is 0.126 e. The topological polar surface area (TPSA) is 35.2 Å². The van der Waals surface area contributed by atoms with Gasteiger partial charge in [-0.05, 0) is 30.7 Å². The van der Waals surface area contributed by atoms with Gasteiger partial charge >= 0.3 is 0 Å². The number of nitrogens with two attached hydrogens (primary N) is 1. The fourth-order valence-electron chi connectivity index (χ4n) is 2.46. The number of benzene rings is 2. The first-order valence-electron chi connectivity index (χ1n) is 6.42. The molecule has 19 heavy (non-hydrogen) atoms. The Balaban J connectivity index is 1.92. The molecule has 1 heterocycles. The summed E-state index contributed by atoms with van der Waals surface area (Å²) in [6.07, 6.45) is 0.858. The Morgan fingerprint density at radius 3 is 2.63 bits per heavy atom. The summed E-state index contributed by atoms with van der Waals surface area (Å²) in [5.41, 5.74) is 9.80. The monoisotopic (exact) mass is 317 g/mol. The number of hydrogen-bond acceptors (Lipinski definition) is 2. The molecule has 2 aromatic carbocycles. The van der Waals surface area contributed by atoms with Crippen molar-refractivity contribution in [3.63, 3.8) is 0 Å². The lowest BCUT2D eigenvalue weighted by Crippen LogP contribution is -2.24. The molecule has 0 amide bonds. The van der Waals surface area contributed by atoms with E-state index in [0.29, 0.717) is 0 Å². The fourth-order valence-corrected chi connectivity index (χ4v) is 2.84.